The van der Waals surface area contributed by atoms with Gasteiger partial charge in [0.05, 0.1) is 4.90 Å². The van der Waals surface area contributed by atoms with Crippen LogP contribution in [0.25, 0.3) is 0 Å². The van der Waals surface area contributed by atoms with Crippen molar-refractivity contribution in [3.8, 4) is 0 Å². The van der Waals surface area contributed by atoms with E-state index in [2.05, 4.69) is 4.33 Å². The van der Waals surface area contributed by atoms with Gasteiger partial charge in [-0.2, -0.15) is 0 Å². The highest BCUT2D eigenvalue weighted by Gasteiger charge is 2.17. The normalized spacial score (nSPS) is 13.4. The lowest BCUT2D eigenvalue weighted by Gasteiger charge is -2.17. The Morgan fingerprint density at radius 2 is 1.54 bits per heavy atom. The van der Waals surface area contributed by atoms with Crippen molar-refractivity contribution in [2.75, 3.05) is 38.0 Å². The summed E-state index contributed by atoms with van der Waals surface area (Å²) in [5.74, 6) is 0. The summed E-state index contributed by atoms with van der Waals surface area (Å²) in [4.78, 5) is 4.24. The lowest BCUT2D eigenvalue weighted by molar-refractivity contribution is -0.124. The maximum atomic E-state index is 12.4. The summed E-state index contributed by atoms with van der Waals surface area (Å²) in [6.45, 7) is 0. The third kappa shape index (κ3) is 4.24. The molecule has 24 heavy (non-hydrogen) atoms. The van der Waals surface area contributed by atoms with Crippen molar-refractivity contribution in [2.45, 2.75) is 11.3 Å². The zero-order valence-electron chi connectivity index (χ0n) is 14.2. The van der Waals surface area contributed by atoms with Gasteiger partial charge < -0.3 is 9.80 Å². The molecule has 0 aromatic heterocycles. The van der Waals surface area contributed by atoms with E-state index in [1.165, 1.54) is 0 Å². The smallest absolute Gasteiger partial charge is 0.202 e. The molecule has 0 bridgehead atoms. The minimum atomic E-state index is -3.37. The molecule has 130 valence electrons. The molecule has 0 saturated carbocycles. The fraction of sp³-hybridized carbons (Fsp3) is 0.294. The Kier molecular flexibility index (Phi) is 5.82. The average Bonchev–Trinajstić information content (AvgIpc) is 2.55. The third-order valence-electron chi connectivity index (χ3n) is 3.78. The van der Waals surface area contributed by atoms with Gasteiger partial charge in [-0.15, -0.1) is 4.33 Å². The molecule has 0 aliphatic carbocycles. The van der Waals surface area contributed by atoms with Gasteiger partial charge in [0.25, 0.3) is 0 Å². The van der Waals surface area contributed by atoms with E-state index in [1.54, 1.807) is 6.07 Å². The minimum absolute atomic E-state index is 0.336. The Hall–Kier alpha value is -1.67. The molecule has 2 rings (SSSR count). The summed E-state index contributed by atoms with van der Waals surface area (Å²) in [7, 11) is 4.35. The molecular formula is C17H22N2O3S2. The Balaban J connectivity index is 2.42. The summed E-state index contributed by atoms with van der Waals surface area (Å²) in [5, 5.41) is 8.97. The van der Waals surface area contributed by atoms with Crippen molar-refractivity contribution in [2.24, 2.45) is 0 Å². The largest absolute Gasteiger partial charge is 0.378 e. The van der Waals surface area contributed by atoms with Gasteiger partial charge in [0.15, 0.2) is 0 Å². The quantitative estimate of drug-likeness (QED) is 0.627. The first-order valence-electron chi connectivity index (χ1n) is 7.39. The van der Waals surface area contributed by atoms with Gasteiger partial charge in [-0.1, -0.05) is 18.2 Å². The Bertz CT molecular complexity index is 801. The van der Waals surface area contributed by atoms with Gasteiger partial charge in [-0.3, -0.25) is 0 Å². The molecule has 1 atom stereocenters. The van der Waals surface area contributed by atoms with Crippen LogP contribution in [0, 0.1) is 0 Å². The van der Waals surface area contributed by atoms with Crippen LogP contribution < -0.4 is 9.80 Å². The number of anilines is 2. The van der Waals surface area contributed by atoms with Crippen LogP contribution in [0.1, 0.15) is 11.1 Å². The first-order valence-corrected chi connectivity index (χ1v) is 9.80. The molecule has 0 amide bonds. The molecule has 0 heterocycles. The fourth-order valence-corrected chi connectivity index (χ4v) is 3.64. The number of hydrogen-bond acceptors (Lipinski definition) is 6. The summed E-state index contributed by atoms with van der Waals surface area (Å²) in [6, 6.07) is 13.6. The first kappa shape index (κ1) is 18.7. The van der Waals surface area contributed by atoms with Crippen molar-refractivity contribution in [3.05, 3.63) is 53.6 Å². The zero-order valence-corrected chi connectivity index (χ0v) is 15.9. The maximum Gasteiger partial charge on any atom is 0.202 e. The van der Waals surface area contributed by atoms with E-state index in [0.29, 0.717) is 11.3 Å². The van der Waals surface area contributed by atoms with Gasteiger partial charge in [0.2, 0.25) is 8.77 Å². The maximum absolute atomic E-state index is 12.4. The first-order chi connectivity index (χ1) is 11.2. The predicted octanol–water partition coefficient (Wildman–Crippen LogP) is 2.92. The van der Waals surface area contributed by atoms with E-state index in [9.17, 15) is 4.21 Å². The van der Waals surface area contributed by atoms with Crippen LogP contribution in [0.5, 0.6) is 0 Å². The van der Waals surface area contributed by atoms with E-state index in [4.69, 9.17) is 16.4 Å². The van der Waals surface area contributed by atoms with Gasteiger partial charge >= 0.3 is 0 Å². The van der Waals surface area contributed by atoms with E-state index in [-0.39, 0.29) is 0 Å². The van der Waals surface area contributed by atoms with E-state index in [1.807, 2.05) is 74.4 Å². The van der Waals surface area contributed by atoms with E-state index < -0.39 is 8.77 Å². The van der Waals surface area contributed by atoms with Crippen LogP contribution in [0.3, 0.4) is 0 Å². The molecule has 0 aliphatic rings. The molecule has 5 nitrogen and oxygen atoms in total. The molecule has 0 saturated heterocycles. The second-order valence-corrected chi connectivity index (χ2v) is 8.77. The standard InChI is InChI=1S/C17H22N2O3S2/c1-18(2)15-8-5-13(6-9-15)11-14-7-10-16(19(3)4)12-17(14)24(21,23)22-20/h5-10,12,20H,11H2,1-4H3. The number of nitrogens with zero attached hydrogens (tertiary/aromatic N) is 2. The lowest BCUT2D eigenvalue weighted by atomic mass is 10.0. The molecule has 0 spiro atoms. The van der Waals surface area contributed by atoms with Gasteiger partial charge in [0.1, 0.15) is 0 Å². The SMILES string of the molecule is CN(C)c1ccc(Cc2ccc(N(C)C)cc2S(=O)(=S)OO)cc1. The number of hydrogen-bond donors (Lipinski definition) is 1. The third-order valence-corrected chi connectivity index (χ3v) is 5.62. The zero-order chi connectivity index (χ0) is 17.9. The average molecular weight is 367 g/mol. The van der Waals surface area contributed by atoms with Gasteiger partial charge in [-0.25, -0.2) is 9.47 Å². The van der Waals surface area contributed by atoms with Crippen molar-refractivity contribution < 1.29 is 13.8 Å². The highest BCUT2D eigenvalue weighted by molar-refractivity contribution is 8.30. The minimum Gasteiger partial charge on any atom is -0.378 e. The van der Waals surface area contributed by atoms with Crippen LogP contribution in [0.15, 0.2) is 47.4 Å². The highest BCUT2D eigenvalue weighted by atomic mass is 32.8. The molecule has 1 unspecified atom stereocenters. The Morgan fingerprint density at radius 1 is 1.00 bits per heavy atom. The van der Waals surface area contributed by atoms with Gasteiger partial charge in [-0.05, 0) is 41.8 Å². The predicted molar refractivity (Wildman–Crippen MR) is 102 cm³/mol. The van der Waals surface area contributed by atoms with Crippen LogP contribution in [-0.2, 0) is 30.7 Å². The molecule has 0 radical (unpaired) electrons. The van der Waals surface area contributed by atoms with E-state index in [0.717, 1.165) is 22.5 Å². The summed E-state index contributed by atoms with van der Waals surface area (Å²) < 4.78 is 16.5. The topological polar surface area (TPSA) is 53.0 Å². The Morgan fingerprint density at radius 3 is 2.04 bits per heavy atom. The summed E-state index contributed by atoms with van der Waals surface area (Å²) >= 11 is 4.95. The van der Waals surface area contributed by atoms with Crippen molar-refractivity contribution >= 4 is 31.3 Å². The molecular weight excluding hydrogens is 344 g/mol. The monoisotopic (exact) mass is 366 g/mol. The Labute approximate surface area is 148 Å². The van der Waals surface area contributed by atoms with Gasteiger partial charge in [0, 0.05) is 50.8 Å². The lowest BCUT2D eigenvalue weighted by Crippen LogP contribution is -2.12. The summed E-state index contributed by atoms with van der Waals surface area (Å²) in [5.41, 5.74) is 3.77. The van der Waals surface area contributed by atoms with Crippen molar-refractivity contribution in [1.29, 1.82) is 0 Å². The molecule has 7 heteroatoms. The molecule has 0 fully saturated rings. The molecule has 1 N–H and O–H groups in total. The number of rotatable bonds is 6. The van der Waals surface area contributed by atoms with Crippen molar-refractivity contribution in [1.82, 2.24) is 0 Å². The fourth-order valence-electron chi connectivity index (χ4n) is 2.37. The van der Waals surface area contributed by atoms with Crippen molar-refractivity contribution in [3.63, 3.8) is 0 Å². The summed E-state index contributed by atoms with van der Waals surface area (Å²) in [6.07, 6.45) is 0.549. The second kappa shape index (κ2) is 7.48. The van der Waals surface area contributed by atoms with Crippen LogP contribution >= 0.6 is 0 Å². The van der Waals surface area contributed by atoms with Crippen LogP contribution in [-0.4, -0.2) is 37.7 Å². The highest BCUT2D eigenvalue weighted by Crippen LogP contribution is 2.26. The van der Waals surface area contributed by atoms with Crippen LogP contribution in [0.2, 0.25) is 0 Å². The molecule has 0 aliphatic heterocycles. The molecule has 2 aromatic rings. The second-order valence-electron chi connectivity index (χ2n) is 5.95. The molecule has 2 aromatic carbocycles. The van der Waals surface area contributed by atoms with E-state index >= 15 is 0 Å². The number of benzene rings is 2. The van der Waals surface area contributed by atoms with Crippen LogP contribution in [0.4, 0.5) is 11.4 Å².